The molecule has 0 aliphatic heterocycles. The van der Waals surface area contributed by atoms with Crippen LogP contribution in [-0.2, 0) is 0 Å². The number of H-pyrrole nitrogens is 1. The normalized spacial score (nSPS) is 10.6. The highest BCUT2D eigenvalue weighted by Gasteiger charge is 2.22. The highest BCUT2D eigenvalue weighted by atomic mass is 19.1. The highest BCUT2D eigenvalue weighted by Crippen LogP contribution is 2.28. The van der Waals surface area contributed by atoms with E-state index < -0.39 is 23.2 Å². The van der Waals surface area contributed by atoms with E-state index in [4.69, 9.17) is 0 Å². The molecule has 0 saturated heterocycles. The third-order valence-corrected chi connectivity index (χ3v) is 3.02. The molecule has 2 N–H and O–H groups in total. The minimum Gasteiger partial charge on any atom is -0.477 e. The van der Waals surface area contributed by atoms with Gasteiger partial charge in [-0.25, -0.2) is 18.6 Å². The predicted octanol–water partition coefficient (Wildman–Crippen LogP) is 3.12. The fraction of sp³-hybridized carbons (Fsp3) is 0. The summed E-state index contributed by atoms with van der Waals surface area (Å²) in [6.07, 6.45) is 1.47. The summed E-state index contributed by atoms with van der Waals surface area (Å²) in [5.41, 5.74) is -0.381. The molecule has 2 aromatic heterocycles. The number of imidazole rings is 1. The maximum Gasteiger partial charge on any atom is 0.354 e. The molecule has 0 unspecified atom stereocenters. The van der Waals surface area contributed by atoms with Crippen molar-refractivity contribution in [1.29, 1.82) is 0 Å². The average molecular weight is 301 g/mol. The summed E-state index contributed by atoms with van der Waals surface area (Å²) in [6, 6.07) is 8.24. The summed E-state index contributed by atoms with van der Waals surface area (Å²) in [6.45, 7) is 0. The number of halogens is 2. The summed E-state index contributed by atoms with van der Waals surface area (Å²) in [5, 5.41) is 9.24. The predicted molar refractivity (Wildman–Crippen MR) is 74.1 cm³/mol. The third kappa shape index (κ3) is 2.32. The number of hydrogen-bond acceptors (Lipinski definition) is 3. The van der Waals surface area contributed by atoms with E-state index in [9.17, 15) is 18.7 Å². The van der Waals surface area contributed by atoms with Gasteiger partial charge in [0.05, 0.1) is 11.3 Å². The maximum absolute atomic E-state index is 13.8. The number of benzene rings is 1. The number of nitrogens with one attached hydrogen (secondary N) is 1. The van der Waals surface area contributed by atoms with Gasteiger partial charge in [-0.05, 0) is 24.3 Å². The molecule has 0 bridgehead atoms. The Hall–Kier alpha value is -3.09. The van der Waals surface area contributed by atoms with E-state index in [0.29, 0.717) is 5.69 Å². The van der Waals surface area contributed by atoms with E-state index in [1.807, 2.05) is 0 Å². The van der Waals surface area contributed by atoms with Gasteiger partial charge in [0.25, 0.3) is 0 Å². The quantitative estimate of drug-likeness (QED) is 0.779. The van der Waals surface area contributed by atoms with Crippen molar-refractivity contribution in [2.24, 2.45) is 0 Å². The van der Waals surface area contributed by atoms with Gasteiger partial charge in [0.1, 0.15) is 23.2 Å². The Morgan fingerprint density at radius 3 is 2.41 bits per heavy atom. The fourth-order valence-electron chi connectivity index (χ4n) is 2.06. The second-order valence-corrected chi connectivity index (χ2v) is 4.43. The van der Waals surface area contributed by atoms with Gasteiger partial charge in [-0.15, -0.1) is 0 Å². The lowest BCUT2D eigenvalue weighted by atomic mass is 10.2. The molecule has 110 valence electrons. The molecule has 3 rings (SSSR count). The average Bonchev–Trinajstić information content (AvgIpc) is 2.93. The van der Waals surface area contributed by atoms with Crippen LogP contribution in [0.5, 0.6) is 0 Å². The number of hydrogen-bond donors (Lipinski definition) is 2. The molecular formula is C15H9F2N3O2. The Morgan fingerprint density at radius 2 is 1.82 bits per heavy atom. The fourth-order valence-corrected chi connectivity index (χ4v) is 2.06. The van der Waals surface area contributed by atoms with Crippen molar-refractivity contribution in [1.82, 2.24) is 15.0 Å². The van der Waals surface area contributed by atoms with Gasteiger partial charge in [0.2, 0.25) is 0 Å². The van der Waals surface area contributed by atoms with Crippen LogP contribution in [-0.4, -0.2) is 26.0 Å². The standard InChI is InChI=1S/C15H9F2N3O2/c16-8-4-3-5-9(17)11(8)14-19-12(13(20-14)15(21)22)10-6-1-2-7-18-10/h1-7H,(H,19,20)(H,21,22). The Kier molecular flexibility index (Phi) is 3.38. The molecule has 0 aliphatic rings. The monoisotopic (exact) mass is 301 g/mol. The molecule has 0 amide bonds. The Balaban J connectivity index is 2.22. The lowest BCUT2D eigenvalue weighted by Gasteiger charge is -2.00. The van der Waals surface area contributed by atoms with E-state index in [0.717, 1.165) is 12.1 Å². The molecule has 5 nitrogen and oxygen atoms in total. The van der Waals surface area contributed by atoms with Gasteiger partial charge < -0.3 is 10.1 Å². The minimum absolute atomic E-state index is 0.0192. The van der Waals surface area contributed by atoms with Gasteiger partial charge in [-0.3, -0.25) is 4.98 Å². The van der Waals surface area contributed by atoms with Crippen molar-refractivity contribution < 1.29 is 18.7 Å². The number of pyridine rings is 1. The highest BCUT2D eigenvalue weighted by molar-refractivity contribution is 5.93. The largest absolute Gasteiger partial charge is 0.477 e. The maximum atomic E-state index is 13.8. The second-order valence-electron chi connectivity index (χ2n) is 4.43. The molecule has 2 heterocycles. The number of aromatic carboxylic acids is 1. The lowest BCUT2D eigenvalue weighted by Crippen LogP contribution is -2.00. The van der Waals surface area contributed by atoms with Crippen LogP contribution in [0.1, 0.15) is 10.5 Å². The second kappa shape index (κ2) is 5.36. The first-order valence-electron chi connectivity index (χ1n) is 6.27. The zero-order valence-corrected chi connectivity index (χ0v) is 11.0. The van der Waals surface area contributed by atoms with Crippen molar-refractivity contribution in [3.05, 3.63) is 59.9 Å². The van der Waals surface area contributed by atoms with Gasteiger partial charge in [0.15, 0.2) is 5.69 Å². The zero-order valence-electron chi connectivity index (χ0n) is 11.0. The van der Waals surface area contributed by atoms with Crippen molar-refractivity contribution in [2.45, 2.75) is 0 Å². The Bertz CT molecular complexity index is 827. The molecule has 0 radical (unpaired) electrons. The number of rotatable bonds is 3. The molecule has 7 heteroatoms. The molecule has 0 fully saturated rings. The minimum atomic E-state index is -1.30. The van der Waals surface area contributed by atoms with Gasteiger partial charge in [-0.2, -0.15) is 0 Å². The number of aromatic nitrogens is 3. The topological polar surface area (TPSA) is 78.9 Å². The number of nitrogens with zero attached hydrogens (tertiary/aromatic N) is 2. The smallest absolute Gasteiger partial charge is 0.354 e. The van der Waals surface area contributed by atoms with E-state index in [1.54, 1.807) is 18.2 Å². The van der Waals surface area contributed by atoms with Gasteiger partial charge in [0, 0.05) is 6.20 Å². The summed E-state index contributed by atoms with van der Waals surface area (Å²) in [4.78, 5) is 21.8. The van der Waals surface area contributed by atoms with Crippen molar-refractivity contribution in [2.75, 3.05) is 0 Å². The lowest BCUT2D eigenvalue weighted by molar-refractivity contribution is 0.0692. The van der Waals surface area contributed by atoms with Crippen LogP contribution < -0.4 is 0 Å². The first-order chi connectivity index (χ1) is 10.6. The first kappa shape index (κ1) is 13.9. The van der Waals surface area contributed by atoms with Crippen LogP contribution in [0.3, 0.4) is 0 Å². The van der Waals surface area contributed by atoms with Crippen LogP contribution in [0.15, 0.2) is 42.6 Å². The number of carboxylic acids is 1. The van der Waals surface area contributed by atoms with Crippen LogP contribution in [0.2, 0.25) is 0 Å². The number of aromatic amines is 1. The Labute approximate surface area is 123 Å². The van der Waals surface area contributed by atoms with E-state index in [1.165, 1.54) is 12.3 Å². The van der Waals surface area contributed by atoms with Crippen LogP contribution in [0, 0.1) is 11.6 Å². The van der Waals surface area contributed by atoms with Crippen LogP contribution >= 0.6 is 0 Å². The summed E-state index contributed by atoms with van der Waals surface area (Å²) in [7, 11) is 0. The summed E-state index contributed by atoms with van der Waals surface area (Å²) >= 11 is 0. The molecule has 1 aromatic carbocycles. The van der Waals surface area contributed by atoms with E-state index >= 15 is 0 Å². The molecular weight excluding hydrogens is 292 g/mol. The van der Waals surface area contributed by atoms with Crippen LogP contribution in [0.25, 0.3) is 22.8 Å². The van der Waals surface area contributed by atoms with Gasteiger partial charge >= 0.3 is 5.97 Å². The summed E-state index contributed by atoms with van der Waals surface area (Å²) in [5.74, 6) is -3.17. The number of carboxylic acid groups (broad SMARTS) is 1. The number of carbonyl (C=O) groups is 1. The zero-order chi connectivity index (χ0) is 15.7. The van der Waals surface area contributed by atoms with Crippen molar-refractivity contribution >= 4 is 5.97 Å². The van der Waals surface area contributed by atoms with Crippen molar-refractivity contribution in [3.63, 3.8) is 0 Å². The SMILES string of the molecule is O=C(O)c1[nH]c(-c2c(F)cccc2F)nc1-c1ccccn1. The van der Waals surface area contributed by atoms with E-state index in [2.05, 4.69) is 15.0 Å². The van der Waals surface area contributed by atoms with Crippen LogP contribution in [0.4, 0.5) is 8.78 Å². The van der Waals surface area contributed by atoms with Gasteiger partial charge in [-0.1, -0.05) is 12.1 Å². The van der Waals surface area contributed by atoms with Crippen molar-refractivity contribution in [3.8, 4) is 22.8 Å². The molecule has 0 aliphatic carbocycles. The molecule has 3 aromatic rings. The molecule has 22 heavy (non-hydrogen) atoms. The van der Waals surface area contributed by atoms with E-state index in [-0.39, 0.29) is 17.2 Å². The Morgan fingerprint density at radius 1 is 1.09 bits per heavy atom. The molecule has 0 saturated carbocycles. The molecule has 0 atom stereocenters. The first-order valence-corrected chi connectivity index (χ1v) is 6.27. The summed E-state index contributed by atoms with van der Waals surface area (Å²) < 4.78 is 27.6. The molecule has 0 spiro atoms. The third-order valence-electron chi connectivity index (χ3n) is 3.02.